The van der Waals surface area contributed by atoms with Crippen LogP contribution >= 0.6 is 0 Å². The molecule has 0 heterocycles. The third-order valence-electron chi connectivity index (χ3n) is 3.82. The molecule has 112 valence electrons. The number of aryl methyl sites for hydroxylation is 2. The van der Waals surface area contributed by atoms with Crippen molar-refractivity contribution >= 4 is 0 Å². The third kappa shape index (κ3) is 5.14. The van der Waals surface area contributed by atoms with Crippen LogP contribution in [0, 0.1) is 0 Å². The van der Waals surface area contributed by atoms with Crippen molar-refractivity contribution in [2.45, 2.75) is 38.5 Å². The lowest BCUT2D eigenvalue weighted by molar-refractivity contribution is 0.199. The van der Waals surface area contributed by atoms with Crippen molar-refractivity contribution in [3.63, 3.8) is 0 Å². The lowest BCUT2D eigenvalue weighted by atomic mass is 9.92. The first-order valence-corrected chi connectivity index (χ1v) is 7.84. The first-order chi connectivity index (χ1) is 9.90. The van der Waals surface area contributed by atoms with Crippen LogP contribution < -0.4 is 10.1 Å². The molecule has 0 saturated heterocycles. The summed E-state index contributed by atoms with van der Waals surface area (Å²) in [7, 11) is 1.73. The number of nitrogens with one attached hydrogen (secondary N) is 1. The molecule has 0 radical (unpaired) electrons. The van der Waals surface area contributed by atoms with Gasteiger partial charge in [-0.25, -0.2) is 0 Å². The summed E-state index contributed by atoms with van der Waals surface area (Å²) in [5.74, 6) is 1.04. The number of unbranched alkanes of at least 4 members (excludes halogenated alkanes) is 1. The SMILES string of the molecule is COCCNCCCCOc1ccc2c(c1)CCCC2. The molecule has 0 atom stereocenters. The standard InChI is InChI=1S/C17H27NO2/c1-19-13-11-18-10-4-5-12-20-17-9-8-15-6-2-3-7-16(15)14-17/h8-9,14,18H,2-7,10-13H2,1H3. The Hall–Kier alpha value is -1.06. The first kappa shape index (κ1) is 15.3. The molecule has 0 amide bonds. The van der Waals surface area contributed by atoms with Gasteiger partial charge in [0.2, 0.25) is 0 Å². The van der Waals surface area contributed by atoms with Gasteiger partial charge in [0.25, 0.3) is 0 Å². The molecule has 1 aliphatic rings. The maximum atomic E-state index is 5.85. The Kier molecular flexibility index (Phi) is 6.89. The summed E-state index contributed by atoms with van der Waals surface area (Å²) in [5, 5.41) is 3.35. The van der Waals surface area contributed by atoms with Crippen molar-refractivity contribution in [2.24, 2.45) is 0 Å². The normalized spacial score (nSPS) is 14.1. The van der Waals surface area contributed by atoms with Gasteiger partial charge in [-0.3, -0.25) is 0 Å². The quantitative estimate of drug-likeness (QED) is 0.704. The number of rotatable bonds is 9. The van der Waals surface area contributed by atoms with Crippen molar-refractivity contribution in [1.82, 2.24) is 5.32 Å². The Morgan fingerprint density at radius 1 is 1.00 bits per heavy atom. The summed E-state index contributed by atoms with van der Waals surface area (Å²) in [6.45, 7) is 3.56. The van der Waals surface area contributed by atoms with Crippen molar-refractivity contribution in [2.75, 3.05) is 33.4 Å². The Labute approximate surface area is 122 Å². The second-order valence-corrected chi connectivity index (χ2v) is 5.44. The number of hydrogen-bond donors (Lipinski definition) is 1. The monoisotopic (exact) mass is 277 g/mol. The van der Waals surface area contributed by atoms with Crippen LogP contribution in [-0.4, -0.2) is 33.4 Å². The molecule has 1 N–H and O–H groups in total. The van der Waals surface area contributed by atoms with E-state index in [1.807, 2.05) is 0 Å². The highest BCUT2D eigenvalue weighted by molar-refractivity contribution is 5.37. The Morgan fingerprint density at radius 3 is 2.70 bits per heavy atom. The van der Waals surface area contributed by atoms with Crippen LogP contribution in [0.1, 0.15) is 36.8 Å². The van der Waals surface area contributed by atoms with Crippen LogP contribution in [0.3, 0.4) is 0 Å². The van der Waals surface area contributed by atoms with Crippen LogP contribution in [0.2, 0.25) is 0 Å². The summed E-state index contributed by atoms with van der Waals surface area (Å²) >= 11 is 0. The molecule has 0 aliphatic heterocycles. The molecule has 0 unspecified atom stereocenters. The van der Waals surface area contributed by atoms with Gasteiger partial charge in [-0.05, 0) is 68.3 Å². The molecule has 1 aromatic carbocycles. The predicted molar refractivity (Wildman–Crippen MR) is 82.6 cm³/mol. The summed E-state index contributed by atoms with van der Waals surface area (Å²) < 4.78 is 10.8. The van der Waals surface area contributed by atoms with Gasteiger partial charge < -0.3 is 14.8 Å². The molecule has 0 bridgehead atoms. The predicted octanol–water partition coefficient (Wildman–Crippen LogP) is 2.96. The maximum Gasteiger partial charge on any atom is 0.119 e. The zero-order valence-electron chi connectivity index (χ0n) is 12.6. The van der Waals surface area contributed by atoms with E-state index in [1.54, 1.807) is 7.11 Å². The van der Waals surface area contributed by atoms with Crippen LogP contribution in [0.25, 0.3) is 0 Å². The maximum absolute atomic E-state index is 5.85. The van der Waals surface area contributed by atoms with E-state index < -0.39 is 0 Å². The third-order valence-corrected chi connectivity index (χ3v) is 3.82. The minimum Gasteiger partial charge on any atom is -0.494 e. The van der Waals surface area contributed by atoms with Crippen molar-refractivity contribution in [3.05, 3.63) is 29.3 Å². The Bertz CT molecular complexity index is 393. The van der Waals surface area contributed by atoms with E-state index in [4.69, 9.17) is 9.47 Å². The molecular formula is C17H27NO2. The van der Waals surface area contributed by atoms with E-state index >= 15 is 0 Å². The first-order valence-electron chi connectivity index (χ1n) is 7.84. The fourth-order valence-corrected chi connectivity index (χ4v) is 2.64. The van der Waals surface area contributed by atoms with Crippen LogP contribution in [-0.2, 0) is 17.6 Å². The van der Waals surface area contributed by atoms with E-state index in [1.165, 1.54) is 36.8 Å². The summed E-state index contributed by atoms with van der Waals surface area (Å²) in [5.41, 5.74) is 3.01. The summed E-state index contributed by atoms with van der Waals surface area (Å²) in [4.78, 5) is 0. The van der Waals surface area contributed by atoms with E-state index in [2.05, 4.69) is 23.5 Å². The Balaban J connectivity index is 1.60. The largest absolute Gasteiger partial charge is 0.494 e. The van der Waals surface area contributed by atoms with Gasteiger partial charge in [0, 0.05) is 13.7 Å². The summed E-state index contributed by atoms with van der Waals surface area (Å²) in [6.07, 6.45) is 7.36. The fourth-order valence-electron chi connectivity index (χ4n) is 2.64. The van der Waals surface area contributed by atoms with E-state index in [0.717, 1.165) is 44.9 Å². The number of fused-ring (bicyclic) bond motifs is 1. The highest BCUT2D eigenvalue weighted by Crippen LogP contribution is 2.25. The topological polar surface area (TPSA) is 30.5 Å². The highest BCUT2D eigenvalue weighted by Gasteiger charge is 2.09. The van der Waals surface area contributed by atoms with Crippen LogP contribution in [0.4, 0.5) is 0 Å². The lowest BCUT2D eigenvalue weighted by Crippen LogP contribution is -2.20. The molecule has 2 rings (SSSR count). The number of ether oxygens (including phenoxy) is 2. The van der Waals surface area contributed by atoms with Gasteiger partial charge in [0.15, 0.2) is 0 Å². The molecule has 0 fully saturated rings. The van der Waals surface area contributed by atoms with Gasteiger partial charge in [0.1, 0.15) is 5.75 Å². The van der Waals surface area contributed by atoms with Crippen molar-refractivity contribution < 1.29 is 9.47 Å². The molecule has 3 nitrogen and oxygen atoms in total. The van der Waals surface area contributed by atoms with Gasteiger partial charge >= 0.3 is 0 Å². The Morgan fingerprint density at radius 2 is 1.85 bits per heavy atom. The fraction of sp³-hybridized carbons (Fsp3) is 0.647. The molecular weight excluding hydrogens is 250 g/mol. The number of methoxy groups -OCH3 is 1. The molecule has 0 spiro atoms. The minimum atomic E-state index is 0.783. The number of benzene rings is 1. The average molecular weight is 277 g/mol. The zero-order chi connectivity index (χ0) is 14.0. The van der Waals surface area contributed by atoms with E-state index in [9.17, 15) is 0 Å². The van der Waals surface area contributed by atoms with E-state index in [-0.39, 0.29) is 0 Å². The van der Waals surface area contributed by atoms with Gasteiger partial charge in [-0.15, -0.1) is 0 Å². The average Bonchev–Trinajstić information content (AvgIpc) is 2.50. The summed E-state index contributed by atoms with van der Waals surface area (Å²) in [6, 6.07) is 6.61. The molecule has 0 aromatic heterocycles. The second-order valence-electron chi connectivity index (χ2n) is 5.44. The molecule has 0 saturated carbocycles. The van der Waals surface area contributed by atoms with Crippen LogP contribution in [0.5, 0.6) is 5.75 Å². The molecule has 1 aliphatic carbocycles. The van der Waals surface area contributed by atoms with Crippen molar-refractivity contribution in [1.29, 1.82) is 0 Å². The number of hydrogen-bond acceptors (Lipinski definition) is 3. The van der Waals surface area contributed by atoms with Crippen molar-refractivity contribution in [3.8, 4) is 5.75 Å². The highest BCUT2D eigenvalue weighted by atomic mass is 16.5. The van der Waals surface area contributed by atoms with Gasteiger partial charge in [-0.2, -0.15) is 0 Å². The van der Waals surface area contributed by atoms with Gasteiger partial charge in [-0.1, -0.05) is 6.07 Å². The lowest BCUT2D eigenvalue weighted by Gasteiger charge is -2.16. The molecule has 1 aromatic rings. The minimum absolute atomic E-state index is 0.783. The smallest absolute Gasteiger partial charge is 0.119 e. The zero-order valence-corrected chi connectivity index (χ0v) is 12.6. The van der Waals surface area contributed by atoms with E-state index in [0.29, 0.717) is 0 Å². The van der Waals surface area contributed by atoms with Gasteiger partial charge in [0.05, 0.1) is 13.2 Å². The van der Waals surface area contributed by atoms with Crippen LogP contribution in [0.15, 0.2) is 18.2 Å². The molecule has 20 heavy (non-hydrogen) atoms. The molecule has 3 heteroatoms. The second kappa shape index (κ2) is 8.98.